The lowest BCUT2D eigenvalue weighted by atomic mass is 10.2. The summed E-state index contributed by atoms with van der Waals surface area (Å²) < 4.78 is 1.47. The molecule has 2 aromatic rings. The molecular formula is C12H13N5OS. The Hall–Kier alpha value is -2.28. The summed E-state index contributed by atoms with van der Waals surface area (Å²) in [7, 11) is 1.81. The van der Waals surface area contributed by atoms with Crippen LogP contribution in [0.3, 0.4) is 0 Å². The van der Waals surface area contributed by atoms with Crippen LogP contribution in [0, 0.1) is 0 Å². The third-order valence-corrected chi connectivity index (χ3v) is 2.78. The number of nitrogens with zero attached hydrogens (tertiary/aromatic N) is 3. The Morgan fingerprint density at radius 2 is 2.21 bits per heavy atom. The van der Waals surface area contributed by atoms with Crippen LogP contribution in [0.2, 0.25) is 0 Å². The second kappa shape index (κ2) is 5.57. The average Bonchev–Trinajstić information content (AvgIpc) is 2.88. The lowest BCUT2D eigenvalue weighted by molar-refractivity contribution is -0.113. The molecule has 7 heteroatoms. The van der Waals surface area contributed by atoms with Gasteiger partial charge in [-0.25, -0.2) is 9.67 Å². The molecule has 0 unspecified atom stereocenters. The van der Waals surface area contributed by atoms with Crippen LogP contribution in [0.1, 0.15) is 0 Å². The molecule has 0 aliphatic heterocycles. The van der Waals surface area contributed by atoms with Crippen molar-refractivity contribution in [3.63, 3.8) is 0 Å². The number of nitrogens with one attached hydrogen (secondary N) is 1. The summed E-state index contributed by atoms with van der Waals surface area (Å²) >= 11 is 4.15. The largest absolute Gasteiger partial charge is 0.373 e. The molecule has 2 heterocycles. The number of anilines is 1. The van der Waals surface area contributed by atoms with E-state index in [0.29, 0.717) is 5.03 Å². The summed E-state index contributed by atoms with van der Waals surface area (Å²) in [4.78, 5) is 15.0. The molecule has 3 N–H and O–H groups in total. The molecule has 0 aliphatic rings. The number of carbonyl (C=O) groups is 1. The summed E-state index contributed by atoms with van der Waals surface area (Å²) in [6.45, 7) is 0. The summed E-state index contributed by atoms with van der Waals surface area (Å²) in [5.41, 5.74) is 6.85. The number of thiol groups is 1. The van der Waals surface area contributed by atoms with Gasteiger partial charge in [0.05, 0.1) is 11.2 Å². The molecular weight excluding hydrogens is 262 g/mol. The maximum absolute atomic E-state index is 10.8. The highest BCUT2D eigenvalue weighted by atomic mass is 32.1. The minimum Gasteiger partial charge on any atom is -0.373 e. The van der Waals surface area contributed by atoms with Crippen molar-refractivity contribution >= 4 is 29.4 Å². The van der Waals surface area contributed by atoms with Crippen molar-refractivity contribution in [1.82, 2.24) is 14.8 Å². The molecule has 0 atom stereocenters. The topological polar surface area (TPSA) is 85.8 Å². The average molecular weight is 275 g/mol. The second-order valence-corrected chi connectivity index (χ2v) is 4.22. The van der Waals surface area contributed by atoms with Gasteiger partial charge < -0.3 is 11.1 Å². The van der Waals surface area contributed by atoms with E-state index in [1.807, 2.05) is 19.2 Å². The fraction of sp³-hybridized carbons (Fsp3) is 0.0833. The van der Waals surface area contributed by atoms with Gasteiger partial charge in [-0.3, -0.25) is 4.79 Å². The SMILES string of the molecule is CNc1ccc(-c2cnn(/C(S)=C/C(N)=O)c2)cn1. The highest BCUT2D eigenvalue weighted by Gasteiger charge is 2.04. The fourth-order valence-electron chi connectivity index (χ4n) is 1.50. The molecule has 1 amide bonds. The molecule has 6 nitrogen and oxygen atoms in total. The minimum absolute atomic E-state index is 0.360. The summed E-state index contributed by atoms with van der Waals surface area (Å²) in [5, 5.41) is 7.41. The Morgan fingerprint density at radius 3 is 2.79 bits per heavy atom. The third-order valence-electron chi connectivity index (χ3n) is 2.44. The Bertz CT molecular complexity index is 617. The van der Waals surface area contributed by atoms with E-state index in [9.17, 15) is 4.79 Å². The lowest BCUT2D eigenvalue weighted by Crippen LogP contribution is -2.07. The van der Waals surface area contributed by atoms with Crippen LogP contribution < -0.4 is 11.1 Å². The Balaban J connectivity index is 2.27. The molecule has 0 fully saturated rings. The van der Waals surface area contributed by atoms with Gasteiger partial charge in [0.15, 0.2) is 0 Å². The number of nitrogens with two attached hydrogens (primary N) is 1. The van der Waals surface area contributed by atoms with Crippen molar-refractivity contribution in [3.8, 4) is 11.1 Å². The molecule has 0 radical (unpaired) electrons. The number of hydrogen-bond acceptors (Lipinski definition) is 5. The van der Waals surface area contributed by atoms with E-state index in [0.717, 1.165) is 16.9 Å². The maximum atomic E-state index is 10.8. The number of amides is 1. The zero-order chi connectivity index (χ0) is 13.8. The smallest absolute Gasteiger partial charge is 0.244 e. The van der Waals surface area contributed by atoms with Crippen LogP contribution >= 0.6 is 12.6 Å². The molecule has 0 saturated carbocycles. The number of hydrogen-bond donors (Lipinski definition) is 3. The van der Waals surface area contributed by atoms with Gasteiger partial charge in [-0.2, -0.15) is 5.10 Å². The molecule has 0 aliphatic carbocycles. The van der Waals surface area contributed by atoms with E-state index in [4.69, 9.17) is 5.73 Å². The highest BCUT2D eigenvalue weighted by Crippen LogP contribution is 2.20. The van der Waals surface area contributed by atoms with Crippen molar-refractivity contribution in [2.75, 3.05) is 12.4 Å². The Kier molecular flexibility index (Phi) is 3.86. The first-order valence-corrected chi connectivity index (χ1v) is 5.94. The molecule has 0 aromatic carbocycles. The summed E-state index contributed by atoms with van der Waals surface area (Å²) in [5.74, 6) is 0.224. The normalized spacial score (nSPS) is 11.4. The standard InChI is InChI=1S/C12H13N5OS/c1-14-11-3-2-8(5-15-11)9-6-16-17(7-9)12(19)4-10(13)18/h2-7,19H,1H3,(H2,13,18)(H,14,15)/b12-4-. The predicted octanol–water partition coefficient (Wildman–Crippen LogP) is 1.20. The summed E-state index contributed by atoms with van der Waals surface area (Å²) in [6, 6.07) is 3.80. The van der Waals surface area contributed by atoms with Crippen LogP contribution in [0.4, 0.5) is 5.82 Å². The van der Waals surface area contributed by atoms with Gasteiger partial charge in [0.1, 0.15) is 5.82 Å². The zero-order valence-corrected chi connectivity index (χ0v) is 11.1. The van der Waals surface area contributed by atoms with Crippen molar-refractivity contribution < 1.29 is 4.79 Å². The minimum atomic E-state index is -0.568. The number of rotatable bonds is 4. The van der Waals surface area contributed by atoms with Crippen molar-refractivity contribution in [1.29, 1.82) is 0 Å². The lowest BCUT2D eigenvalue weighted by Gasteiger charge is -2.00. The van der Waals surface area contributed by atoms with E-state index in [2.05, 4.69) is 28.0 Å². The van der Waals surface area contributed by atoms with E-state index in [1.165, 1.54) is 10.8 Å². The quantitative estimate of drug-likeness (QED) is 0.578. The predicted molar refractivity (Wildman–Crippen MR) is 77.5 cm³/mol. The number of aromatic nitrogens is 3. The van der Waals surface area contributed by atoms with Crippen LogP contribution in [-0.4, -0.2) is 27.7 Å². The Labute approximate surface area is 115 Å². The van der Waals surface area contributed by atoms with Gasteiger partial charge in [-0.1, -0.05) is 0 Å². The van der Waals surface area contributed by atoms with Crippen LogP contribution in [0.25, 0.3) is 16.2 Å². The van der Waals surface area contributed by atoms with Gasteiger partial charge >= 0.3 is 0 Å². The molecule has 2 aromatic heterocycles. The number of carbonyl (C=O) groups excluding carboxylic acids is 1. The van der Waals surface area contributed by atoms with E-state index in [-0.39, 0.29) is 0 Å². The van der Waals surface area contributed by atoms with Gasteiger partial charge in [0.2, 0.25) is 5.91 Å². The second-order valence-electron chi connectivity index (χ2n) is 3.76. The summed E-state index contributed by atoms with van der Waals surface area (Å²) in [6.07, 6.45) is 6.35. The zero-order valence-electron chi connectivity index (χ0n) is 10.2. The first kappa shape index (κ1) is 13.2. The number of primary amides is 1. The molecule has 0 spiro atoms. The van der Waals surface area contributed by atoms with E-state index in [1.54, 1.807) is 18.6 Å². The van der Waals surface area contributed by atoms with E-state index < -0.39 is 5.91 Å². The molecule has 2 rings (SSSR count). The number of pyridine rings is 1. The Morgan fingerprint density at radius 1 is 1.42 bits per heavy atom. The first-order valence-electron chi connectivity index (χ1n) is 5.49. The van der Waals surface area contributed by atoms with Crippen molar-refractivity contribution in [2.45, 2.75) is 0 Å². The molecule has 19 heavy (non-hydrogen) atoms. The van der Waals surface area contributed by atoms with Crippen LogP contribution in [-0.2, 0) is 4.79 Å². The van der Waals surface area contributed by atoms with Crippen LogP contribution in [0.5, 0.6) is 0 Å². The third kappa shape index (κ3) is 3.14. The first-order chi connectivity index (χ1) is 9.10. The van der Waals surface area contributed by atoms with Crippen LogP contribution in [0.15, 0.2) is 36.8 Å². The van der Waals surface area contributed by atoms with E-state index >= 15 is 0 Å². The fourth-order valence-corrected chi connectivity index (χ4v) is 1.74. The van der Waals surface area contributed by atoms with Gasteiger partial charge in [-0.05, 0) is 12.1 Å². The van der Waals surface area contributed by atoms with Gasteiger partial charge in [-0.15, -0.1) is 12.6 Å². The monoisotopic (exact) mass is 275 g/mol. The maximum Gasteiger partial charge on any atom is 0.244 e. The highest BCUT2D eigenvalue weighted by molar-refractivity contribution is 7.90. The van der Waals surface area contributed by atoms with Crippen molar-refractivity contribution in [2.24, 2.45) is 5.73 Å². The molecule has 0 saturated heterocycles. The van der Waals surface area contributed by atoms with Crippen molar-refractivity contribution in [3.05, 3.63) is 36.8 Å². The molecule has 0 bridgehead atoms. The van der Waals surface area contributed by atoms with Gasteiger partial charge in [0, 0.05) is 36.6 Å². The van der Waals surface area contributed by atoms with Gasteiger partial charge in [0.25, 0.3) is 0 Å². The molecule has 98 valence electrons.